The second-order valence-electron chi connectivity index (χ2n) is 7.67. The number of amides is 1. The fraction of sp³-hybridized carbons (Fsp3) is 0.280. The van der Waals surface area contributed by atoms with Crippen molar-refractivity contribution in [3.05, 3.63) is 59.8 Å². The van der Waals surface area contributed by atoms with E-state index >= 15 is 0 Å². The maximum Gasteiger partial charge on any atom is 0.295 e. The van der Waals surface area contributed by atoms with Crippen molar-refractivity contribution in [1.82, 2.24) is 49.8 Å². The van der Waals surface area contributed by atoms with Gasteiger partial charge in [0.2, 0.25) is 5.95 Å². The molecule has 5 heterocycles. The summed E-state index contributed by atoms with van der Waals surface area (Å²) in [7, 11) is 1.14. The van der Waals surface area contributed by atoms with Crippen molar-refractivity contribution in [3.8, 4) is 17.3 Å². The highest BCUT2D eigenvalue weighted by atomic mass is 16.5. The van der Waals surface area contributed by atoms with E-state index in [2.05, 4.69) is 35.6 Å². The van der Waals surface area contributed by atoms with Gasteiger partial charge in [0.15, 0.2) is 5.82 Å². The number of hydrogen-bond acceptors (Lipinski definition) is 10. The summed E-state index contributed by atoms with van der Waals surface area (Å²) in [4.78, 5) is 37.6. The molecule has 0 atom stereocenters. The Bertz CT molecular complexity index is 2370. The number of aromatic amines is 1. The summed E-state index contributed by atoms with van der Waals surface area (Å²) in [5.74, 6) is -6.17. The first-order valence-corrected chi connectivity index (χ1v) is 10.8. The number of piperazine rings is 1. The normalized spacial score (nSPS) is 25.2. The topological polar surface area (TPSA) is 153 Å². The zero-order valence-electron chi connectivity index (χ0n) is 35.9. The Balaban J connectivity index is 1.48. The molecule has 0 aliphatic carbocycles. The van der Waals surface area contributed by atoms with Crippen LogP contribution in [0, 0.1) is 13.8 Å². The Morgan fingerprint density at radius 2 is 1.95 bits per heavy atom. The highest BCUT2D eigenvalue weighted by Crippen LogP contribution is 2.32. The van der Waals surface area contributed by atoms with E-state index < -0.39 is 103 Å². The van der Waals surface area contributed by atoms with E-state index in [9.17, 15) is 9.59 Å². The third-order valence-electron chi connectivity index (χ3n) is 5.31. The maximum absolute atomic E-state index is 14.1. The number of carbonyl (C=O) groups excluding carboxylic acids is 2. The Morgan fingerprint density at radius 3 is 2.67 bits per heavy atom. The summed E-state index contributed by atoms with van der Waals surface area (Å²) in [6.45, 7) is -17.2. The van der Waals surface area contributed by atoms with Crippen molar-refractivity contribution >= 4 is 28.5 Å². The lowest BCUT2D eigenvalue weighted by Crippen LogP contribution is -2.51. The lowest BCUT2D eigenvalue weighted by Gasteiger charge is -2.34. The molecular formula is C25H25N11O3. The number of aromatic nitrogens is 9. The Hall–Kier alpha value is -5.14. The van der Waals surface area contributed by atoms with Crippen LogP contribution in [0.3, 0.4) is 0 Å². The molecule has 1 aliphatic heterocycles. The molecule has 14 nitrogen and oxygen atoms in total. The highest BCUT2D eigenvalue weighted by Gasteiger charge is 2.31. The van der Waals surface area contributed by atoms with Gasteiger partial charge >= 0.3 is 0 Å². The molecule has 0 saturated carbocycles. The largest absolute Gasteiger partial charge is 0.494 e. The zero-order chi connectivity index (χ0) is 41.1. The number of nitrogens with one attached hydrogen (secondary N) is 1. The summed E-state index contributed by atoms with van der Waals surface area (Å²) in [6.07, 6.45) is 1.20. The smallest absolute Gasteiger partial charge is 0.295 e. The molecule has 1 aliphatic rings. The molecule has 39 heavy (non-hydrogen) atoms. The Labute approximate surface area is 244 Å². The van der Waals surface area contributed by atoms with Crippen LogP contribution in [0.5, 0.6) is 5.75 Å². The number of carbonyl (C=O) groups is 2. The van der Waals surface area contributed by atoms with Crippen LogP contribution in [0.25, 0.3) is 22.4 Å². The molecule has 198 valence electrons. The molecule has 0 spiro atoms. The van der Waals surface area contributed by atoms with E-state index in [1.165, 1.54) is 6.92 Å². The Kier molecular flexibility index (Phi) is 3.00. The predicted octanol–water partition coefficient (Wildman–Crippen LogP) is 1.28. The molecule has 1 fully saturated rings. The number of nitrogens with zero attached hydrogens (tertiary/aromatic N) is 10. The lowest BCUT2D eigenvalue weighted by molar-refractivity contribution is -0.126. The van der Waals surface area contributed by atoms with Crippen molar-refractivity contribution in [2.45, 2.75) is 13.8 Å². The average molecular weight is 544 g/mol. The van der Waals surface area contributed by atoms with Gasteiger partial charge in [-0.2, -0.15) is 9.78 Å². The van der Waals surface area contributed by atoms with Crippen LogP contribution < -0.4 is 9.64 Å². The number of pyridine rings is 1. The molecule has 14 heteroatoms. The SMILES string of the molecule is [2H]c1c([2H])c(-n2nnnc2N2C([2H])([2H])C([2H])([2H])N(C(=O)C(=O)c3c[nH]c4c(-n5nc(C([2H])([2H])[2H])nc5[2H])ncc(OC)c34)C([2H])([2H])C2([2H])[2H])c([2H])c([2H])c1C. The number of fused-ring (bicyclic) bond motifs is 1. The van der Waals surface area contributed by atoms with E-state index in [1.807, 2.05) is 0 Å². The molecule has 0 radical (unpaired) electrons. The van der Waals surface area contributed by atoms with E-state index in [1.54, 1.807) is 0 Å². The molecule has 4 aromatic heterocycles. The molecule has 0 bridgehead atoms. The maximum atomic E-state index is 14.1. The van der Waals surface area contributed by atoms with Crippen molar-refractivity contribution in [2.24, 2.45) is 0 Å². The fourth-order valence-corrected chi connectivity index (χ4v) is 3.54. The zero-order valence-corrected chi connectivity index (χ0v) is 19.9. The molecule has 1 N–H and O–H groups in total. The quantitative estimate of drug-likeness (QED) is 0.245. The molecule has 0 unspecified atom stereocenters. The first-order valence-electron chi connectivity index (χ1n) is 18.8. The number of hydrogen-bond donors (Lipinski definition) is 1. The van der Waals surface area contributed by atoms with Crippen LogP contribution in [-0.4, -0.2) is 94.6 Å². The standard InChI is InChI=1S/C25H25N11O3/c1-15-4-6-17(7-5-15)36-25(29-31-32-36)34-10-8-33(9-11-34)24(38)22(37)18-12-26-21-20(18)19(39-3)13-27-23(21)35-14-28-16(2)30-35/h4-7,12-14,26H,8-11H2,1-3H3/i2D3,4D,5D,6D,7D,8D2,9D2,10D2,11D2,14D. The molecular weight excluding hydrogens is 502 g/mol. The molecule has 1 amide bonds. The summed E-state index contributed by atoms with van der Waals surface area (Å²) in [6, 6.07) is -2.65. The van der Waals surface area contributed by atoms with E-state index in [-0.39, 0.29) is 32.9 Å². The number of benzene rings is 1. The van der Waals surface area contributed by atoms with Crippen LogP contribution in [-0.2, 0) is 4.79 Å². The minimum Gasteiger partial charge on any atom is -0.494 e. The highest BCUT2D eigenvalue weighted by molar-refractivity contribution is 6.45. The molecule has 1 saturated heterocycles. The van der Waals surface area contributed by atoms with E-state index in [4.69, 9.17) is 26.7 Å². The van der Waals surface area contributed by atoms with Crippen LogP contribution in [0.15, 0.2) is 42.9 Å². The summed E-state index contributed by atoms with van der Waals surface area (Å²) in [5, 5.41) is 13.9. The fourth-order valence-electron chi connectivity index (χ4n) is 3.54. The van der Waals surface area contributed by atoms with Crippen LogP contribution in [0.4, 0.5) is 5.95 Å². The van der Waals surface area contributed by atoms with Gasteiger partial charge in [0, 0.05) is 36.3 Å². The van der Waals surface area contributed by atoms with Crippen LogP contribution >= 0.6 is 0 Å². The van der Waals surface area contributed by atoms with Gasteiger partial charge < -0.3 is 19.5 Å². The third kappa shape index (κ3) is 4.24. The van der Waals surface area contributed by atoms with Gasteiger partial charge in [-0.25, -0.2) is 14.6 Å². The number of ether oxygens (including phenoxy) is 1. The molecule has 1 aromatic carbocycles. The number of rotatable bonds is 6. The summed E-state index contributed by atoms with van der Waals surface area (Å²) in [5.41, 5.74) is -1.65. The third-order valence-corrected chi connectivity index (χ3v) is 5.31. The summed E-state index contributed by atoms with van der Waals surface area (Å²) < 4.78 is 141. The van der Waals surface area contributed by atoms with Crippen LogP contribution in [0.1, 0.15) is 43.7 Å². The van der Waals surface area contributed by atoms with Gasteiger partial charge in [-0.1, -0.05) is 22.7 Å². The van der Waals surface area contributed by atoms with Gasteiger partial charge in [-0.15, -0.1) is 0 Å². The van der Waals surface area contributed by atoms with Crippen molar-refractivity contribution in [3.63, 3.8) is 0 Å². The Morgan fingerprint density at radius 1 is 1.15 bits per heavy atom. The summed E-state index contributed by atoms with van der Waals surface area (Å²) >= 11 is 0. The second kappa shape index (κ2) is 9.63. The van der Waals surface area contributed by atoms with E-state index in [0.717, 1.165) is 19.5 Å². The number of anilines is 1. The number of ketones is 1. The van der Waals surface area contributed by atoms with Gasteiger partial charge in [0.25, 0.3) is 11.7 Å². The number of tetrazole rings is 1. The average Bonchev–Trinajstić information content (AvgIpc) is 3.84. The van der Waals surface area contributed by atoms with Gasteiger partial charge in [0.1, 0.15) is 19.2 Å². The first-order chi connectivity index (χ1) is 25.3. The minimum atomic E-state index is -3.97. The van der Waals surface area contributed by atoms with Gasteiger partial charge in [-0.05, 0) is 36.3 Å². The van der Waals surface area contributed by atoms with Crippen LogP contribution in [0.2, 0.25) is 0 Å². The monoisotopic (exact) mass is 543 g/mol. The van der Waals surface area contributed by atoms with Gasteiger partial charge in [-0.3, -0.25) is 9.59 Å². The number of Topliss-reactive ketones (excluding diaryl/α,β-unsaturated/α-hetero) is 1. The van der Waals surface area contributed by atoms with Crippen molar-refractivity contribution < 1.29 is 36.3 Å². The lowest BCUT2D eigenvalue weighted by atomic mass is 10.1. The molecule has 6 rings (SSSR count). The van der Waals surface area contributed by atoms with Crippen molar-refractivity contribution in [1.29, 1.82) is 0 Å². The van der Waals surface area contributed by atoms with Gasteiger partial charge in [0.05, 0.1) is 51.9 Å². The molecule has 5 aromatic rings. The first kappa shape index (κ1) is 12.1. The number of H-pyrrole nitrogens is 1. The number of methoxy groups -OCH3 is 1. The van der Waals surface area contributed by atoms with Crippen molar-refractivity contribution in [2.75, 3.05) is 38.0 Å². The predicted molar refractivity (Wildman–Crippen MR) is 139 cm³/mol. The van der Waals surface area contributed by atoms with E-state index in [0.29, 0.717) is 9.36 Å². The minimum absolute atomic E-state index is 0.0917. The second-order valence-corrected chi connectivity index (χ2v) is 7.67. The number of aryl methyl sites for hydroxylation is 1.